The maximum absolute atomic E-state index is 13.1. The molecule has 0 aliphatic heterocycles. The van der Waals surface area contributed by atoms with Gasteiger partial charge in [-0.2, -0.15) is 0 Å². The minimum atomic E-state index is -0.814. The first kappa shape index (κ1) is 27.9. The van der Waals surface area contributed by atoms with E-state index in [1.165, 1.54) is 0 Å². The van der Waals surface area contributed by atoms with Gasteiger partial charge in [0.2, 0.25) is 17.7 Å². The summed E-state index contributed by atoms with van der Waals surface area (Å²) in [5.41, 5.74) is 8.43. The molecule has 2 atom stereocenters. The van der Waals surface area contributed by atoms with Crippen LogP contribution in [-0.4, -0.2) is 36.9 Å². The molecule has 4 N–H and O–H groups in total. The van der Waals surface area contributed by atoms with E-state index < -0.39 is 23.9 Å². The molecule has 0 fully saturated rings. The molecular weight excluding hydrogens is 442 g/mol. The molecule has 7 heteroatoms. The van der Waals surface area contributed by atoms with Crippen molar-refractivity contribution >= 4 is 17.7 Å². The van der Waals surface area contributed by atoms with Crippen LogP contribution in [0.4, 0.5) is 0 Å². The highest BCUT2D eigenvalue weighted by Crippen LogP contribution is 2.24. The van der Waals surface area contributed by atoms with E-state index in [9.17, 15) is 14.4 Å². The zero-order valence-electron chi connectivity index (χ0n) is 21.5. The zero-order valence-corrected chi connectivity index (χ0v) is 21.5. The number of nitrogens with two attached hydrogens (primary N) is 1. The van der Waals surface area contributed by atoms with Crippen molar-refractivity contribution in [1.29, 1.82) is 0 Å². The van der Waals surface area contributed by atoms with Crippen LogP contribution < -0.4 is 21.1 Å². The van der Waals surface area contributed by atoms with Gasteiger partial charge >= 0.3 is 0 Å². The fourth-order valence-corrected chi connectivity index (χ4v) is 3.76. The summed E-state index contributed by atoms with van der Waals surface area (Å²) in [7, 11) is 1.63. The third-order valence-electron chi connectivity index (χ3n) is 5.76. The van der Waals surface area contributed by atoms with Crippen LogP contribution in [-0.2, 0) is 20.8 Å². The second-order valence-electron chi connectivity index (χ2n) is 9.78. The average Bonchev–Trinajstić information content (AvgIpc) is 2.82. The molecule has 35 heavy (non-hydrogen) atoms. The second kappa shape index (κ2) is 13.5. The van der Waals surface area contributed by atoms with Crippen LogP contribution in [0.25, 0.3) is 11.1 Å². The van der Waals surface area contributed by atoms with Gasteiger partial charge in [0, 0.05) is 12.8 Å². The molecule has 3 amide bonds. The van der Waals surface area contributed by atoms with Gasteiger partial charge in [0.1, 0.15) is 17.8 Å². The number of primary amides is 1. The summed E-state index contributed by atoms with van der Waals surface area (Å²) in [4.78, 5) is 37.6. The summed E-state index contributed by atoms with van der Waals surface area (Å²) < 4.78 is 5.31. The fraction of sp³-hybridized carbons (Fsp3) is 0.464. The zero-order chi connectivity index (χ0) is 26.0. The van der Waals surface area contributed by atoms with Gasteiger partial charge in [0.25, 0.3) is 0 Å². The summed E-state index contributed by atoms with van der Waals surface area (Å²) in [5, 5.41) is 5.61. The van der Waals surface area contributed by atoms with Crippen LogP contribution in [0.3, 0.4) is 0 Å². The first-order chi connectivity index (χ1) is 16.6. The number of ether oxygens (including phenoxy) is 1. The maximum Gasteiger partial charge on any atom is 0.243 e. The molecule has 0 spiro atoms. The Kier molecular flexibility index (Phi) is 10.8. The average molecular weight is 482 g/mol. The van der Waals surface area contributed by atoms with Crippen LogP contribution in [0.15, 0.2) is 48.5 Å². The van der Waals surface area contributed by atoms with Gasteiger partial charge in [0.05, 0.1) is 7.11 Å². The third kappa shape index (κ3) is 9.43. The van der Waals surface area contributed by atoms with E-state index in [4.69, 9.17) is 10.5 Å². The van der Waals surface area contributed by atoms with Gasteiger partial charge in [-0.25, -0.2) is 0 Å². The van der Waals surface area contributed by atoms with E-state index in [1.54, 1.807) is 7.11 Å². The highest BCUT2D eigenvalue weighted by Gasteiger charge is 2.26. The Labute approximate surface area is 208 Å². The highest BCUT2D eigenvalue weighted by molar-refractivity contribution is 5.91. The number of hydrogen-bond donors (Lipinski definition) is 3. The fourth-order valence-electron chi connectivity index (χ4n) is 3.76. The Balaban J connectivity index is 2.19. The molecule has 0 unspecified atom stereocenters. The predicted octanol–water partition coefficient (Wildman–Crippen LogP) is 3.84. The van der Waals surface area contributed by atoms with Gasteiger partial charge in [-0.1, -0.05) is 64.1 Å². The molecule has 2 rings (SSSR count). The largest absolute Gasteiger partial charge is 0.497 e. The molecule has 0 aromatic heterocycles. The van der Waals surface area contributed by atoms with Crippen LogP contribution >= 0.6 is 0 Å². The Bertz CT molecular complexity index is 986. The first-order valence-corrected chi connectivity index (χ1v) is 12.2. The number of nitrogens with one attached hydrogen (secondary N) is 2. The van der Waals surface area contributed by atoms with E-state index in [1.807, 2.05) is 76.2 Å². The Morgan fingerprint density at radius 1 is 0.886 bits per heavy atom. The van der Waals surface area contributed by atoms with Crippen LogP contribution in [0.1, 0.15) is 52.5 Å². The van der Waals surface area contributed by atoms with E-state index in [2.05, 4.69) is 10.6 Å². The lowest BCUT2D eigenvalue weighted by molar-refractivity contribution is -0.131. The lowest BCUT2D eigenvalue weighted by atomic mass is 9.99. The van der Waals surface area contributed by atoms with Crippen molar-refractivity contribution in [3.8, 4) is 16.9 Å². The molecule has 0 bridgehead atoms. The van der Waals surface area contributed by atoms with Crippen molar-refractivity contribution < 1.29 is 19.1 Å². The monoisotopic (exact) mass is 481 g/mol. The van der Waals surface area contributed by atoms with Gasteiger partial charge in [0.15, 0.2) is 0 Å². The maximum atomic E-state index is 13.1. The number of amides is 3. The first-order valence-electron chi connectivity index (χ1n) is 12.2. The van der Waals surface area contributed by atoms with Crippen molar-refractivity contribution in [2.45, 2.75) is 65.5 Å². The number of methoxy groups -OCH3 is 1. The molecule has 0 radical (unpaired) electrons. The standard InChI is InChI=1S/C28H39N3O4/c1-18(2)9-14-26(32)30-25(28(34)31-24(27(29)33)15-19(3)4)16-20-10-12-21(13-11-20)22-7-6-8-23(17-22)35-5/h6-8,10-13,17-19,24-25H,9,14-16H2,1-5H3,(H2,29,33)(H,30,32)(H,31,34)/t24-,25-/m0/s1. The number of hydrogen-bond acceptors (Lipinski definition) is 4. The van der Waals surface area contributed by atoms with Gasteiger partial charge in [-0.15, -0.1) is 0 Å². The molecule has 7 nitrogen and oxygen atoms in total. The van der Waals surface area contributed by atoms with Crippen molar-refractivity contribution in [2.24, 2.45) is 17.6 Å². The SMILES string of the molecule is COc1cccc(-c2ccc(C[C@H](NC(=O)CCC(C)C)C(=O)N[C@@H](CC(C)C)C(N)=O)cc2)c1. The minimum Gasteiger partial charge on any atom is -0.497 e. The normalized spacial score (nSPS) is 12.8. The van der Waals surface area contributed by atoms with E-state index in [-0.39, 0.29) is 11.8 Å². The molecule has 2 aromatic carbocycles. The lowest BCUT2D eigenvalue weighted by Crippen LogP contribution is -2.54. The molecule has 190 valence electrons. The van der Waals surface area contributed by atoms with Crippen molar-refractivity contribution in [1.82, 2.24) is 10.6 Å². The number of carbonyl (C=O) groups excluding carboxylic acids is 3. The molecule has 2 aromatic rings. The summed E-state index contributed by atoms with van der Waals surface area (Å²) in [6, 6.07) is 14.0. The summed E-state index contributed by atoms with van der Waals surface area (Å²) in [6.45, 7) is 8.00. The Morgan fingerprint density at radius 3 is 2.14 bits per heavy atom. The van der Waals surface area contributed by atoms with Crippen molar-refractivity contribution in [3.63, 3.8) is 0 Å². The second-order valence-corrected chi connectivity index (χ2v) is 9.78. The Morgan fingerprint density at radius 2 is 1.57 bits per heavy atom. The smallest absolute Gasteiger partial charge is 0.243 e. The molecule has 0 aliphatic carbocycles. The van der Waals surface area contributed by atoms with E-state index in [0.717, 1.165) is 28.9 Å². The molecule has 0 saturated heterocycles. The summed E-state index contributed by atoms with van der Waals surface area (Å²) in [5.74, 6) is 0.145. The van der Waals surface area contributed by atoms with Crippen molar-refractivity contribution in [2.75, 3.05) is 7.11 Å². The Hall–Kier alpha value is -3.35. The third-order valence-corrected chi connectivity index (χ3v) is 5.76. The number of benzene rings is 2. The van der Waals surface area contributed by atoms with E-state index in [0.29, 0.717) is 25.2 Å². The van der Waals surface area contributed by atoms with E-state index >= 15 is 0 Å². The number of carbonyl (C=O) groups is 3. The van der Waals surface area contributed by atoms with Crippen LogP contribution in [0.2, 0.25) is 0 Å². The molecule has 0 aliphatic rings. The van der Waals surface area contributed by atoms with Crippen LogP contribution in [0, 0.1) is 11.8 Å². The van der Waals surface area contributed by atoms with Gasteiger partial charge in [-0.3, -0.25) is 14.4 Å². The minimum absolute atomic E-state index is 0.177. The van der Waals surface area contributed by atoms with Gasteiger partial charge < -0.3 is 21.1 Å². The predicted molar refractivity (Wildman–Crippen MR) is 139 cm³/mol. The summed E-state index contributed by atoms with van der Waals surface area (Å²) in [6.07, 6.45) is 1.79. The van der Waals surface area contributed by atoms with Crippen LogP contribution in [0.5, 0.6) is 5.75 Å². The quantitative estimate of drug-likeness (QED) is 0.404. The van der Waals surface area contributed by atoms with Crippen molar-refractivity contribution in [3.05, 3.63) is 54.1 Å². The highest BCUT2D eigenvalue weighted by atomic mass is 16.5. The molecular formula is C28H39N3O4. The molecule has 0 heterocycles. The van der Waals surface area contributed by atoms with Gasteiger partial charge in [-0.05, 0) is 53.5 Å². The number of rotatable bonds is 13. The lowest BCUT2D eigenvalue weighted by Gasteiger charge is -2.23. The molecule has 0 saturated carbocycles. The summed E-state index contributed by atoms with van der Waals surface area (Å²) >= 11 is 0. The topological polar surface area (TPSA) is 111 Å².